The van der Waals surface area contributed by atoms with Gasteiger partial charge in [-0.05, 0) is 53.1 Å². The summed E-state index contributed by atoms with van der Waals surface area (Å²) in [5.41, 5.74) is 9.02. The number of nitrogens with zero attached hydrogens (tertiary/aromatic N) is 9. The zero-order valence-corrected chi connectivity index (χ0v) is 39.0. The average Bonchev–Trinajstić information content (AvgIpc) is 3.29. The summed E-state index contributed by atoms with van der Waals surface area (Å²) in [6.07, 6.45) is 1.50. The second-order valence-corrected chi connectivity index (χ2v) is 15.9. The van der Waals surface area contributed by atoms with Crippen LogP contribution in [-0.2, 0) is 17.3 Å². The third-order valence-corrected chi connectivity index (χ3v) is 11.0. The van der Waals surface area contributed by atoms with Gasteiger partial charge in [0, 0.05) is 71.6 Å². The van der Waals surface area contributed by atoms with Crippen LogP contribution >= 0.6 is 70.1 Å². The topological polar surface area (TPSA) is 202 Å². The van der Waals surface area contributed by atoms with E-state index in [1.54, 1.807) is 0 Å². The Morgan fingerprint density at radius 1 is 0.410 bits per heavy atom. The minimum Gasteiger partial charge on any atom is -0.353 e. The number of thioether (sulfide) groups is 3. The first kappa shape index (κ1) is 49.2. The van der Waals surface area contributed by atoms with E-state index in [4.69, 9.17) is 40.5 Å². The van der Waals surface area contributed by atoms with Crippen LogP contribution in [0.4, 0.5) is 29.7 Å². The van der Waals surface area contributed by atoms with Gasteiger partial charge in [-0.25, -0.2) is 9.97 Å². The lowest BCUT2D eigenvalue weighted by Gasteiger charge is -2.12. The Bertz CT molecular complexity index is 2160. The highest BCUT2D eigenvalue weighted by Gasteiger charge is 2.11. The lowest BCUT2D eigenvalue weighted by atomic mass is 10.2. The second kappa shape index (κ2) is 28.2. The number of nitrogens with two attached hydrogens (primary N) is 1. The van der Waals surface area contributed by atoms with E-state index >= 15 is 0 Å². The van der Waals surface area contributed by atoms with E-state index < -0.39 is 0 Å². The number of hydrogen-bond acceptors (Lipinski definition) is 18. The lowest BCUT2D eigenvalue weighted by molar-refractivity contribution is 0.865. The van der Waals surface area contributed by atoms with Crippen molar-refractivity contribution >= 4 is 99.8 Å². The van der Waals surface area contributed by atoms with Gasteiger partial charge in [-0.1, -0.05) is 134 Å². The molecule has 15 nitrogen and oxygen atoms in total. The number of nitrogens with one attached hydrogen (secondary N) is 5. The molecule has 0 aliphatic heterocycles. The van der Waals surface area contributed by atoms with Gasteiger partial charge in [0.1, 0.15) is 6.33 Å². The van der Waals surface area contributed by atoms with Crippen molar-refractivity contribution in [1.82, 2.24) is 44.9 Å². The Morgan fingerprint density at radius 3 is 1.08 bits per heavy atom. The van der Waals surface area contributed by atoms with Gasteiger partial charge in [0.15, 0.2) is 15.5 Å². The Kier molecular flexibility index (Phi) is 22.8. The molecule has 61 heavy (non-hydrogen) atoms. The minimum absolute atomic E-state index is 0.417. The van der Waals surface area contributed by atoms with Gasteiger partial charge in [-0.3, -0.25) is 0 Å². The molecule has 0 saturated heterocycles. The van der Waals surface area contributed by atoms with Crippen molar-refractivity contribution in [3.8, 4) is 0 Å². The maximum atomic E-state index is 6.09. The molecule has 0 radical (unpaired) electrons. The lowest BCUT2D eigenvalue weighted by Crippen LogP contribution is -2.20. The summed E-state index contributed by atoms with van der Waals surface area (Å²) in [5, 5.41) is 20.1. The smallest absolute Gasteiger partial charge is 0.228 e. The third kappa shape index (κ3) is 18.6. The molecule has 0 bridgehead atoms. The molecule has 0 spiro atoms. The predicted octanol–water partition coefficient (Wildman–Crippen LogP) is 9.55. The van der Waals surface area contributed by atoms with E-state index in [-0.39, 0.29) is 0 Å². The van der Waals surface area contributed by atoms with E-state index in [0.717, 1.165) is 16.7 Å². The standard InChI is InChI=1S/C36H38Cl3N15S3.2C2H6/c37-26-7-1-23(2-8-26)19-55-34-47-22-46-29(50-34)42-15-16-43-32-49-33(54-36(53-32)57-21-25-5-11-28(39)12-6-25)45-18-17-44-31-48-30(41-14-13-40)51-35(52-31)56-20-24-3-9-27(38)10-4-24;2*1-2/h1-12,22H,13-21,40H2,(H,42,46,47,50)(H2,41,44,48,51,52)(H2,43,45,49,53,54);2*1-2H3. The minimum atomic E-state index is 0.417. The fourth-order valence-corrected chi connectivity index (χ4v) is 7.38. The molecular weight excluding hydrogens is 893 g/mol. The average molecular weight is 944 g/mol. The third-order valence-electron chi connectivity index (χ3n) is 7.43. The van der Waals surface area contributed by atoms with Crippen molar-refractivity contribution < 1.29 is 0 Å². The summed E-state index contributed by atoms with van der Waals surface area (Å²) in [6, 6.07) is 23.1. The molecule has 6 rings (SSSR count). The van der Waals surface area contributed by atoms with Crippen molar-refractivity contribution in [3.05, 3.63) is 111 Å². The number of anilines is 5. The molecule has 0 saturated carbocycles. The van der Waals surface area contributed by atoms with E-state index in [1.165, 1.54) is 41.6 Å². The highest BCUT2D eigenvalue weighted by molar-refractivity contribution is 7.98. The molecule has 3 aromatic carbocycles. The van der Waals surface area contributed by atoms with Crippen LogP contribution < -0.4 is 32.3 Å². The van der Waals surface area contributed by atoms with Crippen LogP contribution in [0, 0.1) is 0 Å². The van der Waals surface area contributed by atoms with Gasteiger partial charge < -0.3 is 32.3 Å². The van der Waals surface area contributed by atoms with Crippen LogP contribution in [0.25, 0.3) is 0 Å². The second-order valence-electron chi connectivity index (χ2n) is 11.8. The van der Waals surface area contributed by atoms with Crippen molar-refractivity contribution in [2.45, 2.75) is 60.4 Å². The van der Waals surface area contributed by atoms with Crippen LogP contribution in [0.1, 0.15) is 44.4 Å². The number of benzene rings is 3. The number of rotatable bonds is 22. The molecule has 0 fully saturated rings. The van der Waals surface area contributed by atoms with Gasteiger partial charge in [-0.2, -0.15) is 34.9 Å². The number of aromatic nitrogens is 9. The van der Waals surface area contributed by atoms with Gasteiger partial charge in [0.05, 0.1) is 0 Å². The van der Waals surface area contributed by atoms with Crippen LogP contribution in [0.2, 0.25) is 15.1 Å². The fraction of sp³-hybridized carbons (Fsp3) is 0.325. The summed E-state index contributed by atoms with van der Waals surface area (Å²) in [4.78, 5) is 40.7. The number of hydrogen-bond donors (Lipinski definition) is 6. The monoisotopic (exact) mass is 941 g/mol. The van der Waals surface area contributed by atoms with Crippen molar-refractivity contribution in [2.75, 3.05) is 65.9 Å². The highest BCUT2D eigenvalue weighted by Crippen LogP contribution is 2.25. The molecule has 0 aliphatic carbocycles. The molecule has 0 unspecified atom stereocenters. The van der Waals surface area contributed by atoms with E-state index in [0.29, 0.717) is 117 Å². The van der Waals surface area contributed by atoms with Crippen LogP contribution in [-0.4, -0.2) is 84.1 Å². The normalized spacial score (nSPS) is 10.4. The summed E-state index contributed by atoms with van der Waals surface area (Å²) in [6.45, 7) is 10.9. The van der Waals surface area contributed by atoms with Gasteiger partial charge in [-0.15, -0.1) is 0 Å². The van der Waals surface area contributed by atoms with Gasteiger partial charge in [0.2, 0.25) is 29.7 Å². The molecule has 3 heterocycles. The Hall–Kier alpha value is -4.43. The van der Waals surface area contributed by atoms with Crippen molar-refractivity contribution in [3.63, 3.8) is 0 Å². The summed E-state index contributed by atoms with van der Waals surface area (Å²) < 4.78 is 0. The zero-order chi connectivity index (χ0) is 43.7. The molecular formula is C40H50Cl3N15S3. The van der Waals surface area contributed by atoms with Crippen molar-refractivity contribution in [2.24, 2.45) is 5.73 Å². The van der Waals surface area contributed by atoms with Gasteiger partial charge >= 0.3 is 0 Å². The van der Waals surface area contributed by atoms with E-state index in [1.807, 2.05) is 100 Å². The molecule has 7 N–H and O–H groups in total. The summed E-state index contributed by atoms with van der Waals surface area (Å²) >= 11 is 22.7. The van der Waals surface area contributed by atoms with Crippen LogP contribution in [0.5, 0.6) is 0 Å². The fourth-order valence-electron chi connectivity index (χ4n) is 4.66. The molecule has 0 amide bonds. The number of halogens is 3. The molecule has 6 aromatic rings. The Balaban J connectivity index is 0.00000199. The molecule has 324 valence electrons. The largest absolute Gasteiger partial charge is 0.353 e. The maximum Gasteiger partial charge on any atom is 0.228 e. The first-order chi connectivity index (χ1) is 29.9. The first-order valence-electron chi connectivity index (χ1n) is 19.6. The van der Waals surface area contributed by atoms with E-state index in [9.17, 15) is 0 Å². The Morgan fingerprint density at radius 2 is 0.721 bits per heavy atom. The summed E-state index contributed by atoms with van der Waals surface area (Å²) in [5.74, 6) is 4.22. The predicted molar refractivity (Wildman–Crippen MR) is 257 cm³/mol. The van der Waals surface area contributed by atoms with Gasteiger partial charge in [0.25, 0.3) is 0 Å². The van der Waals surface area contributed by atoms with Crippen LogP contribution in [0.15, 0.2) is 94.6 Å². The molecule has 21 heteroatoms. The maximum absolute atomic E-state index is 6.09. The SMILES string of the molecule is CC.CC.NCCNc1nc(NCCNc2nc(NCCNc3ncnc(SCc4ccc(Cl)cc4)n3)nc(SCc3ccc(Cl)cc3)n2)nc(SCc2ccc(Cl)cc2)n1. The molecule has 3 aromatic heterocycles. The Labute approximate surface area is 385 Å². The first-order valence-corrected chi connectivity index (χ1v) is 23.7. The quantitative estimate of drug-likeness (QED) is 0.0277. The van der Waals surface area contributed by atoms with Crippen LogP contribution in [0.3, 0.4) is 0 Å². The van der Waals surface area contributed by atoms with Crippen molar-refractivity contribution in [1.29, 1.82) is 0 Å². The molecule has 0 aliphatic rings. The summed E-state index contributed by atoms with van der Waals surface area (Å²) in [7, 11) is 0. The van der Waals surface area contributed by atoms with E-state index in [2.05, 4.69) is 71.4 Å². The highest BCUT2D eigenvalue weighted by atomic mass is 35.5. The molecule has 0 atom stereocenters. The zero-order valence-electron chi connectivity index (χ0n) is 34.3.